The first kappa shape index (κ1) is 16.3. The highest BCUT2D eigenvalue weighted by atomic mass is 32.2. The first-order valence-electron chi connectivity index (χ1n) is 5.74. The fourth-order valence-corrected chi connectivity index (χ4v) is 3.12. The van der Waals surface area contributed by atoms with Crippen molar-refractivity contribution in [3.8, 4) is 0 Å². The Balaban J connectivity index is 3.22. The van der Waals surface area contributed by atoms with E-state index in [1.807, 2.05) is 0 Å². The molecule has 0 aliphatic heterocycles. The molecule has 112 valence electrons. The third-order valence-corrected chi connectivity index (χ3v) is 4.33. The molecular weight excluding hydrogens is 292 g/mol. The quantitative estimate of drug-likeness (QED) is 0.356. The first-order valence-corrected chi connectivity index (χ1v) is 7.18. The number of sulfonamides is 1. The van der Waals surface area contributed by atoms with Gasteiger partial charge in [0, 0.05) is 12.6 Å². The van der Waals surface area contributed by atoms with Gasteiger partial charge in [-0.3, -0.25) is 0 Å². The maximum atomic E-state index is 13.6. The molecule has 9 heteroatoms. The Morgan fingerprint density at radius 1 is 1.45 bits per heavy atom. The summed E-state index contributed by atoms with van der Waals surface area (Å²) in [4.78, 5) is -0.655. The number of halogens is 2. The van der Waals surface area contributed by atoms with Gasteiger partial charge in [0.2, 0.25) is 10.0 Å². The summed E-state index contributed by atoms with van der Waals surface area (Å²) in [6, 6.07) is 2.18. The molecule has 0 spiro atoms. The van der Waals surface area contributed by atoms with Crippen molar-refractivity contribution in [3.63, 3.8) is 0 Å². The molecule has 1 rings (SSSR count). The highest BCUT2D eigenvalue weighted by molar-refractivity contribution is 7.89. The van der Waals surface area contributed by atoms with Crippen molar-refractivity contribution in [2.24, 2.45) is 10.9 Å². The lowest BCUT2D eigenvalue weighted by Gasteiger charge is -2.21. The third kappa shape index (κ3) is 3.64. The third-order valence-electron chi connectivity index (χ3n) is 2.45. The lowest BCUT2D eigenvalue weighted by atomic mass is 10.3. The summed E-state index contributed by atoms with van der Waals surface area (Å²) < 4.78 is 51.9. The molecule has 20 heavy (non-hydrogen) atoms. The van der Waals surface area contributed by atoms with Gasteiger partial charge in [-0.1, -0.05) is 12.1 Å². The van der Waals surface area contributed by atoms with E-state index >= 15 is 0 Å². The lowest BCUT2D eigenvalue weighted by Crippen LogP contribution is -2.39. The molecule has 0 bridgehead atoms. The molecule has 0 aliphatic rings. The van der Waals surface area contributed by atoms with Crippen LogP contribution in [-0.2, 0) is 10.0 Å². The number of nitrogens with zero attached hydrogens (tertiary/aromatic N) is 2. The normalized spacial score (nSPS) is 12.9. The summed E-state index contributed by atoms with van der Waals surface area (Å²) in [7, 11) is -4.20. The van der Waals surface area contributed by atoms with Gasteiger partial charge in [-0.05, 0) is 18.6 Å². The van der Waals surface area contributed by atoms with E-state index in [0.29, 0.717) is 12.5 Å². The molecule has 0 atom stereocenters. The van der Waals surface area contributed by atoms with E-state index in [2.05, 4.69) is 5.16 Å². The summed E-state index contributed by atoms with van der Waals surface area (Å²) in [5, 5.41) is 11.2. The summed E-state index contributed by atoms with van der Waals surface area (Å²) in [5.41, 5.74) is 5.28. The first-order chi connectivity index (χ1) is 9.32. The zero-order valence-corrected chi connectivity index (χ0v) is 11.6. The molecule has 0 radical (unpaired) electrons. The van der Waals surface area contributed by atoms with E-state index in [-0.39, 0.29) is 18.9 Å². The van der Waals surface area contributed by atoms with Gasteiger partial charge in [0.15, 0.2) is 5.84 Å². The molecule has 0 fully saturated rings. The number of nitrogens with two attached hydrogens (primary N) is 1. The minimum atomic E-state index is -4.20. The van der Waals surface area contributed by atoms with E-state index in [1.54, 1.807) is 6.92 Å². The molecule has 0 amide bonds. The molecule has 1 aromatic rings. The van der Waals surface area contributed by atoms with Crippen LogP contribution in [0.25, 0.3) is 0 Å². The van der Waals surface area contributed by atoms with Gasteiger partial charge in [0.25, 0.3) is 0 Å². The molecule has 0 saturated heterocycles. The van der Waals surface area contributed by atoms with Crippen LogP contribution in [0, 0.1) is 11.6 Å². The molecule has 3 N–H and O–H groups in total. The fraction of sp³-hybridized carbons (Fsp3) is 0.364. The Kier molecular flexibility index (Phi) is 5.40. The van der Waals surface area contributed by atoms with E-state index in [9.17, 15) is 17.2 Å². The second-order valence-corrected chi connectivity index (χ2v) is 5.91. The summed E-state index contributed by atoms with van der Waals surface area (Å²) in [6.07, 6.45) is 0.445. The van der Waals surface area contributed by atoms with Crippen molar-refractivity contribution in [1.82, 2.24) is 4.31 Å². The standard InChI is InChI=1S/C11H15F2N3O3S/c1-2-5-16(7-11(14)15-17)20(18,19)10-4-3-8(12)6-9(10)13/h3-4,6,17H,2,5,7H2,1H3,(H2,14,15). The minimum Gasteiger partial charge on any atom is -0.409 e. The Labute approximate surface area is 115 Å². The Morgan fingerprint density at radius 3 is 2.60 bits per heavy atom. The van der Waals surface area contributed by atoms with Gasteiger partial charge >= 0.3 is 0 Å². The van der Waals surface area contributed by atoms with E-state index < -0.39 is 26.6 Å². The maximum Gasteiger partial charge on any atom is 0.246 e. The van der Waals surface area contributed by atoms with E-state index in [4.69, 9.17) is 10.9 Å². The van der Waals surface area contributed by atoms with Crippen LogP contribution in [0.2, 0.25) is 0 Å². The smallest absolute Gasteiger partial charge is 0.246 e. The zero-order valence-electron chi connectivity index (χ0n) is 10.8. The lowest BCUT2D eigenvalue weighted by molar-refractivity contribution is 0.314. The van der Waals surface area contributed by atoms with Gasteiger partial charge in [-0.15, -0.1) is 0 Å². The van der Waals surface area contributed by atoms with Crippen LogP contribution in [0.3, 0.4) is 0 Å². The number of amidine groups is 1. The molecule has 0 saturated carbocycles. The van der Waals surface area contributed by atoms with Crippen molar-refractivity contribution in [3.05, 3.63) is 29.8 Å². The van der Waals surface area contributed by atoms with Crippen LogP contribution in [0.5, 0.6) is 0 Å². The van der Waals surface area contributed by atoms with Crippen LogP contribution >= 0.6 is 0 Å². The van der Waals surface area contributed by atoms with Gasteiger partial charge in [-0.25, -0.2) is 17.2 Å². The maximum absolute atomic E-state index is 13.6. The monoisotopic (exact) mass is 307 g/mol. The van der Waals surface area contributed by atoms with E-state index in [1.165, 1.54) is 0 Å². The highest BCUT2D eigenvalue weighted by Gasteiger charge is 2.27. The van der Waals surface area contributed by atoms with Crippen LogP contribution in [-0.4, -0.2) is 36.9 Å². The van der Waals surface area contributed by atoms with Gasteiger partial charge < -0.3 is 10.9 Å². The summed E-state index contributed by atoms with van der Waals surface area (Å²) in [6.45, 7) is 1.38. The van der Waals surface area contributed by atoms with Gasteiger partial charge in [0.05, 0.1) is 6.54 Å². The van der Waals surface area contributed by atoms with Crippen LogP contribution in [0.4, 0.5) is 8.78 Å². The Bertz CT molecular complexity index is 605. The van der Waals surface area contributed by atoms with Crippen molar-refractivity contribution < 1.29 is 22.4 Å². The Morgan fingerprint density at radius 2 is 2.10 bits per heavy atom. The zero-order chi connectivity index (χ0) is 15.3. The van der Waals surface area contributed by atoms with Crippen molar-refractivity contribution in [2.45, 2.75) is 18.2 Å². The van der Waals surface area contributed by atoms with Crippen molar-refractivity contribution >= 4 is 15.9 Å². The molecule has 0 aliphatic carbocycles. The van der Waals surface area contributed by atoms with Crippen LogP contribution in [0.15, 0.2) is 28.3 Å². The van der Waals surface area contributed by atoms with Crippen molar-refractivity contribution in [2.75, 3.05) is 13.1 Å². The van der Waals surface area contributed by atoms with Crippen LogP contribution in [0.1, 0.15) is 13.3 Å². The summed E-state index contributed by atoms with van der Waals surface area (Å²) >= 11 is 0. The second kappa shape index (κ2) is 6.62. The minimum absolute atomic E-state index is 0.0510. The molecule has 0 aromatic heterocycles. The molecule has 0 unspecified atom stereocenters. The average Bonchev–Trinajstić information content (AvgIpc) is 2.37. The van der Waals surface area contributed by atoms with Crippen molar-refractivity contribution in [1.29, 1.82) is 0 Å². The number of rotatable bonds is 6. The molecule has 1 aromatic carbocycles. The molecule has 0 heterocycles. The van der Waals surface area contributed by atoms with Crippen LogP contribution < -0.4 is 5.73 Å². The average molecular weight is 307 g/mol. The molecule has 6 nitrogen and oxygen atoms in total. The number of hydrogen-bond donors (Lipinski definition) is 2. The second-order valence-electron chi connectivity index (χ2n) is 4.00. The highest BCUT2D eigenvalue weighted by Crippen LogP contribution is 2.20. The predicted octanol–water partition coefficient (Wildman–Crippen LogP) is 1.11. The topological polar surface area (TPSA) is 96.0 Å². The SMILES string of the molecule is CCCN(CC(N)=NO)S(=O)(=O)c1ccc(F)cc1F. The van der Waals surface area contributed by atoms with Gasteiger partial charge in [0.1, 0.15) is 16.5 Å². The number of oxime groups is 1. The largest absolute Gasteiger partial charge is 0.409 e. The van der Waals surface area contributed by atoms with Gasteiger partial charge in [-0.2, -0.15) is 4.31 Å². The number of hydrogen-bond acceptors (Lipinski definition) is 4. The fourth-order valence-electron chi connectivity index (χ4n) is 1.57. The Hall–Kier alpha value is -1.74. The number of benzene rings is 1. The van der Waals surface area contributed by atoms with E-state index in [0.717, 1.165) is 16.4 Å². The predicted molar refractivity (Wildman–Crippen MR) is 68.8 cm³/mol. The molecular formula is C11H15F2N3O3S. The summed E-state index contributed by atoms with van der Waals surface area (Å²) in [5.74, 6) is -2.39.